The Morgan fingerprint density at radius 3 is 2.80 bits per heavy atom. The molecular weight excluding hydrogens is 194 g/mol. The summed E-state index contributed by atoms with van der Waals surface area (Å²) in [5.41, 5.74) is 5.46. The topological polar surface area (TPSA) is 90.9 Å². The first kappa shape index (κ1) is 12.3. The van der Waals surface area contributed by atoms with Crippen LogP contribution in [0.15, 0.2) is 5.16 Å². The normalized spacial score (nSPS) is 30.1. The van der Waals surface area contributed by atoms with Gasteiger partial charge in [-0.15, -0.1) is 0 Å². The lowest BCUT2D eigenvalue weighted by atomic mass is 9.92. The molecule has 1 aliphatic carbocycles. The Balaban J connectivity index is 2.29. The van der Waals surface area contributed by atoms with E-state index in [1.807, 2.05) is 6.92 Å². The van der Waals surface area contributed by atoms with Gasteiger partial charge in [0.15, 0.2) is 0 Å². The van der Waals surface area contributed by atoms with Gasteiger partial charge in [0, 0.05) is 18.5 Å². The van der Waals surface area contributed by atoms with Crippen molar-refractivity contribution in [1.82, 2.24) is 5.32 Å². The molecule has 0 amide bonds. The van der Waals surface area contributed by atoms with Gasteiger partial charge in [-0.25, -0.2) is 0 Å². The van der Waals surface area contributed by atoms with E-state index in [0.29, 0.717) is 6.54 Å². The van der Waals surface area contributed by atoms with Crippen LogP contribution in [-0.2, 0) is 0 Å². The number of nitrogens with two attached hydrogens (primary N) is 1. The monoisotopic (exact) mass is 215 g/mol. The van der Waals surface area contributed by atoms with E-state index in [1.54, 1.807) is 0 Å². The van der Waals surface area contributed by atoms with Gasteiger partial charge in [-0.05, 0) is 12.8 Å². The highest BCUT2D eigenvalue weighted by Gasteiger charge is 2.23. The van der Waals surface area contributed by atoms with Gasteiger partial charge in [0.2, 0.25) is 0 Å². The van der Waals surface area contributed by atoms with Crippen LogP contribution >= 0.6 is 0 Å². The predicted octanol–water partition coefficient (Wildman–Crippen LogP) is 0.262. The van der Waals surface area contributed by atoms with Crippen molar-refractivity contribution in [3.8, 4) is 0 Å². The average molecular weight is 215 g/mol. The summed E-state index contributed by atoms with van der Waals surface area (Å²) in [6.45, 7) is 2.52. The van der Waals surface area contributed by atoms with Crippen LogP contribution < -0.4 is 11.1 Å². The number of amidine groups is 1. The molecule has 3 unspecified atom stereocenters. The second kappa shape index (κ2) is 5.92. The Morgan fingerprint density at radius 2 is 2.20 bits per heavy atom. The summed E-state index contributed by atoms with van der Waals surface area (Å²) in [6.07, 6.45) is 3.89. The number of nitrogens with one attached hydrogen (secondary N) is 1. The zero-order valence-electron chi connectivity index (χ0n) is 9.19. The molecule has 88 valence electrons. The second-order valence-corrected chi connectivity index (χ2v) is 4.29. The Kier molecular flexibility index (Phi) is 4.84. The second-order valence-electron chi connectivity index (χ2n) is 4.29. The number of rotatable bonds is 4. The van der Waals surface area contributed by atoms with Crippen molar-refractivity contribution in [1.29, 1.82) is 0 Å². The number of hydrogen-bond acceptors (Lipinski definition) is 4. The molecule has 0 heterocycles. The maximum Gasteiger partial charge on any atom is 0.143 e. The van der Waals surface area contributed by atoms with Crippen LogP contribution in [-0.4, -0.2) is 34.8 Å². The number of aliphatic hydroxyl groups is 1. The summed E-state index contributed by atoms with van der Waals surface area (Å²) in [5.74, 6) is 0.219. The first-order valence-corrected chi connectivity index (χ1v) is 5.54. The van der Waals surface area contributed by atoms with E-state index in [0.717, 1.165) is 25.7 Å². The third-order valence-electron chi connectivity index (χ3n) is 3.04. The third-order valence-corrected chi connectivity index (χ3v) is 3.04. The number of hydrogen-bond donors (Lipinski definition) is 4. The van der Waals surface area contributed by atoms with E-state index in [2.05, 4.69) is 10.5 Å². The summed E-state index contributed by atoms with van der Waals surface area (Å²) in [4.78, 5) is 0. The Labute approximate surface area is 90.3 Å². The first-order valence-electron chi connectivity index (χ1n) is 5.54. The minimum atomic E-state index is -0.252. The van der Waals surface area contributed by atoms with E-state index in [9.17, 15) is 5.11 Å². The van der Waals surface area contributed by atoms with Crippen molar-refractivity contribution in [2.75, 3.05) is 6.54 Å². The Morgan fingerprint density at radius 1 is 1.53 bits per heavy atom. The molecule has 3 atom stereocenters. The van der Waals surface area contributed by atoms with Crippen LogP contribution in [0.3, 0.4) is 0 Å². The fraction of sp³-hybridized carbons (Fsp3) is 0.900. The molecule has 0 aromatic carbocycles. The van der Waals surface area contributed by atoms with Gasteiger partial charge in [0.25, 0.3) is 0 Å². The molecule has 0 aromatic heterocycles. The molecule has 5 nitrogen and oxygen atoms in total. The molecule has 1 rings (SSSR count). The summed E-state index contributed by atoms with van der Waals surface area (Å²) < 4.78 is 0. The van der Waals surface area contributed by atoms with Gasteiger partial charge >= 0.3 is 0 Å². The molecule has 5 heteroatoms. The molecule has 1 saturated carbocycles. The largest absolute Gasteiger partial charge is 0.409 e. The van der Waals surface area contributed by atoms with Crippen molar-refractivity contribution in [2.24, 2.45) is 16.8 Å². The van der Waals surface area contributed by atoms with E-state index >= 15 is 0 Å². The third kappa shape index (κ3) is 3.68. The molecule has 5 N–H and O–H groups in total. The molecular formula is C10H21N3O2. The summed E-state index contributed by atoms with van der Waals surface area (Å²) in [6, 6.07) is 0.160. The van der Waals surface area contributed by atoms with Gasteiger partial charge in [-0.1, -0.05) is 24.9 Å². The van der Waals surface area contributed by atoms with Gasteiger partial charge in [0.05, 0.1) is 6.10 Å². The highest BCUT2D eigenvalue weighted by atomic mass is 16.4. The molecule has 0 spiro atoms. The van der Waals surface area contributed by atoms with Gasteiger partial charge < -0.3 is 21.4 Å². The standard InChI is InChI=1S/C10H21N3O2/c1-7(10(11)13-15)6-12-8-4-2-3-5-9(8)14/h7-9,12,14-15H,2-6H2,1H3,(H2,11,13). The van der Waals surface area contributed by atoms with E-state index in [1.165, 1.54) is 0 Å². The predicted molar refractivity (Wildman–Crippen MR) is 58.8 cm³/mol. The highest BCUT2D eigenvalue weighted by Crippen LogP contribution is 2.18. The molecule has 0 saturated heterocycles. The van der Waals surface area contributed by atoms with Crippen LogP contribution in [0.4, 0.5) is 0 Å². The molecule has 15 heavy (non-hydrogen) atoms. The molecule has 0 aromatic rings. The highest BCUT2D eigenvalue weighted by molar-refractivity contribution is 5.82. The molecule has 0 aliphatic heterocycles. The zero-order valence-corrected chi connectivity index (χ0v) is 9.19. The van der Waals surface area contributed by atoms with Gasteiger partial charge in [0.1, 0.15) is 5.84 Å². The Bertz CT molecular complexity index is 221. The van der Waals surface area contributed by atoms with Crippen molar-refractivity contribution >= 4 is 5.84 Å². The lowest BCUT2D eigenvalue weighted by Gasteiger charge is -2.29. The first-order chi connectivity index (χ1) is 7.15. The number of oxime groups is 1. The zero-order chi connectivity index (χ0) is 11.3. The van der Waals surface area contributed by atoms with Crippen LogP contribution in [0, 0.1) is 5.92 Å². The van der Waals surface area contributed by atoms with Crippen LogP contribution in [0.1, 0.15) is 32.6 Å². The maximum absolute atomic E-state index is 9.70. The van der Waals surface area contributed by atoms with Crippen LogP contribution in [0.25, 0.3) is 0 Å². The lowest BCUT2D eigenvalue weighted by Crippen LogP contribution is -2.45. The van der Waals surface area contributed by atoms with Gasteiger partial charge in [-0.3, -0.25) is 0 Å². The molecule has 0 bridgehead atoms. The lowest BCUT2D eigenvalue weighted by molar-refractivity contribution is 0.0903. The quantitative estimate of drug-likeness (QED) is 0.234. The van der Waals surface area contributed by atoms with E-state index in [-0.39, 0.29) is 23.9 Å². The van der Waals surface area contributed by atoms with Crippen LogP contribution in [0.5, 0.6) is 0 Å². The SMILES string of the molecule is CC(CNC1CCCCC1O)C(N)=NO. The maximum atomic E-state index is 9.70. The summed E-state index contributed by atoms with van der Waals surface area (Å²) in [7, 11) is 0. The van der Waals surface area contributed by atoms with E-state index < -0.39 is 0 Å². The fourth-order valence-electron chi connectivity index (χ4n) is 1.88. The summed E-state index contributed by atoms with van der Waals surface area (Å²) in [5, 5.41) is 24.4. The number of aliphatic hydroxyl groups excluding tert-OH is 1. The van der Waals surface area contributed by atoms with Crippen molar-refractivity contribution in [3.05, 3.63) is 0 Å². The van der Waals surface area contributed by atoms with Crippen molar-refractivity contribution in [3.63, 3.8) is 0 Å². The Hall–Kier alpha value is -0.810. The summed E-state index contributed by atoms with van der Waals surface area (Å²) >= 11 is 0. The van der Waals surface area contributed by atoms with Crippen molar-refractivity contribution in [2.45, 2.75) is 44.8 Å². The molecule has 1 aliphatic rings. The van der Waals surface area contributed by atoms with Crippen LogP contribution in [0.2, 0.25) is 0 Å². The molecule has 0 radical (unpaired) electrons. The number of nitrogens with zero attached hydrogens (tertiary/aromatic N) is 1. The fourth-order valence-corrected chi connectivity index (χ4v) is 1.88. The van der Waals surface area contributed by atoms with E-state index in [4.69, 9.17) is 10.9 Å². The minimum absolute atomic E-state index is 0.0101. The average Bonchev–Trinajstić information content (AvgIpc) is 2.26. The molecule has 1 fully saturated rings. The van der Waals surface area contributed by atoms with Gasteiger partial charge in [-0.2, -0.15) is 0 Å². The minimum Gasteiger partial charge on any atom is -0.409 e. The van der Waals surface area contributed by atoms with Crippen molar-refractivity contribution < 1.29 is 10.3 Å². The smallest absolute Gasteiger partial charge is 0.143 e.